The van der Waals surface area contributed by atoms with Crippen LogP contribution >= 0.6 is 0 Å². The molecule has 1 aliphatic carbocycles. The first-order valence-corrected chi connectivity index (χ1v) is 11.0. The second kappa shape index (κ2) is 11.6. The number of carbonyl (C=O) groups is 2. The number of rotatable bonds is 10. The van der Waals surface area contributed by atoms with E-state index in [0.717, 1.165) is 24.6 Å². The highest BCUT2D eigenvalue weighted by Crippen LogP contribution is 2.42. The molecule has 0 aliphatic heterocycles. The molecule has 30 heavy (non-hydrogen) atoms. The Morgan fingerprint density at radius 1 is 1.10 bits per heavy atom. The molecule has 0 heterocycles. The summed E-state index contributed by atoms with van der Waals surface area (Å²) in [6.07, 6.45) is 6.47. The molecular weight excluding hydrogens is 378 g/mol. The van der Waals surface area contributed by atoms with Gasteiger partial charge in [0.05, 0.1) is 13.1 Å². The number of nitrogens with zero attached hydrogens (tertiary/aromatic N) is 1. The number of hydrogen-bond donors (Lipinski definition) is 4. The first-order valence-electron chi connectivity index (χ1n) is 11.0. The van der Waals surface area contributed by atoms with E-state index in [2.05, 4.69) is 36.7 Å². The van der Waals surface area contributed by atoms with Crippen LogP contribution < -0.4 is 21.7 Å². The Hall–Kier alpha value is -2.57. The Labute approximate surface area is 180 Å². The maximum absolute atomic E-state index is 12.0. The first kappa shape index (κ1) is 23.7. The first-order chi connectivity index (χ1) is 14.3. The Kier molecular flexibility index (Phi) is 9.15. The lowest BCUT2D eigenvalue weighted by Gasteiger charge is -2.32. The van der Waals surface area contributed by atoms with Gasteiger partial charge in [-0.25, -0.2) is 4.99 Å². The molecule has 0 saturated heterocycles. The normalized spacial score (nSPS) is 15.8. The van der Waals surface area contributed by atoms with Crippen LogP contribution in [0, 0.1) is 11.3 Å². The van der Waals surface area contributed by atoms with E-state index in [9.17, 15) is 9.59 Å². The molecule has 0 atom stereocenters. The van der Waals surface area contributed by atoms with Crippen LogP contribution in [0.1, 0.15) is 68.8 Å². The number of aliphatic imine (C=N–C) groups is 1. The van der Waals surface area contributed by atoms with Gasteiger partial charge in [0.25, 0.3) is 5.91 Å². The zero-order valence-corrected chi connectivity index (χ0v) is 18.6. The zero-order valence-electron chi connectivity index (χ0n) is 18.6. The quantitative estimate of drug-likeness (QED) is 0.348. The van der Waals surface area contributed by atoms with Crippen LogP contribution in [0.4, 0.5) is 0 Å². The summed E-state index contributed by atoms with van der Waals surface area (Å²) in [6.45, 7) is 8.79. The van der Waals surface area contributed by atoms with E-state index in [4.69, 9.17) is 10.7 Å². The van der Waals surface area contributed by atoms with Crippen LogP contribution in [0.25, 0.3) is 0 Å². The predicted octanol–water partition coefficient (Wildman–Crippen LogP) is 2.56. The lowest BCUT2D eigenvalue weighted by molar-refractivity contribution is -0.117. The average Bonchev–Trinajstić information content (AvgIpc) is 3.16. The van der Waals surface area contributed by atoms with Gasteiger partial charge in [-0.15, -0.1) is 0 Å². The number of nitrogens with two attached hydrogens (primary N) is 1. The molecule has 2 amide bonds. The summed E-state index contributed by atoms with van der Waals surface area (Å²) in [4.78, 5) is 27.5. The number of carbonyl (C=O) groups excluding carboxylic acids is 2. The maximum Gasteiger partial charge on any atom is 0.251 e. The molecule has 1 fully saturated rings. The fourth-order valence-electron chi connectivity index (χ4n) is 4.26. The topological polar surface area (TPSA) is 109 Å². The molecule has 0 radical (unpaired) electrons. The highest BCUT2D eigenvalue weighted by atomic mass is 16.2. The molecule has 166 valence electrons. The predicted molar refractivity (Wildman–Crippen MR) is 121 cm³/mol. The number of amides is 2. The number of nitrogens with one attached hydrogen (secondary N) is 3. The van der Waals surface area contributed by atoms with E-state index in [0.29, 0.717) is 23.4 Å². The molecule has 1 saturated carbocycles. The maximum atomic E-state index is 12.0. The van der Waals surface area contributed by atoms with E-state index in [1.54, 1.807) is 12.1 Å². The van der Waals surface area contributed by atoms with Crippen LogP contribution in [0.3, 0.4) is 0 Å². The van der Waals surface area contributed by atoms with Crippen LogP contribution in [0.2, 0.25) is 0 Å². The molecule has 0 unspecified atom stereocenters. The third-order valence-corrected chi connectivity index (χ3v) is 5.54. The average molecular weight is 416 g/mol. The van der Waals surface area contributed by atoms with Crippen molar-refractivity contribution in [1.29, 1.82) is 0 Å². The van der Waals surface area contributed by atoms with Gasteiger partial charge in [0.15, 0.2) is 5.96 Å². The van der Waals surface area contributed by atoms with Crippen LogP contribution in [0.5, 0.6) is 0 Å². The van der Waals surface area contributed by atoms with Gasteiger partial charge in [0.1, 0.15) is 0 Å². The van der Waals surface area contributed by atoms with Gasteiger partial charge in [-0.2, -0.15) is 0 Å². The zero-order chi connectivity index (χ0) is 22.0. The van der Waals surface area contributed by atoms with Crippen molar-refractivity contribution >= 4 is 17.8 Å². The van der Waals surface area contributed by atoms with Gasteiger partial charge < -0.3 is 21.7 Å². The van der Waals surface area contributed by atoms with Gasteiger partial charge in [-0.05, 0) is 55.2 Å². The number of guanidine groups is 1. The minimum atomic E-state index is -0.564. The molecule has 1 aliphatic rings. The lowest BCUT2D eigenvalue weighted by atomic mass is 9.78. The summed E-state index contributed by atoms with van der Waals surface area (Å²) in [6, 6.07) is 7.22. The van der Waals surface area contributed by atoms with Crippen molar-refractivity contribution in [2.24, 2.45) is 22.1 Å². The van der Waals surface area contributed by atoms with Crippen LogP contribution in [-0.2, 0) is 11.3 Å². The monoisotopic (exact) mass is 415 g/mol. The van der Waals surface area contributed by atoms with E-state index in [1.807, 2.05) is 12.1 Å². The summed E-state index contributed by atoms with van der Waals surface area (Å²) >= 11 is 0. The highest BCUT2D eigenvalue weighted by Gasteiger charge is 2.34. The number of hydrogen-bond acceptors (Lipinski definition) is 3. The smallest absolute Gasteiger partial charge is 0.251 e. The fourth-order valence-corrected chi connectivity index (χ4v) is 4.26. The van der Waals surface area contributed by atoms with E-state index in [-0.39, 0.29) is 12.5 Å². The minimum Gasteiger partial charge on any atom is -0.368 e. The molecule has 7 nitrogen and oxygen atoms in total. The Morgan fingerprint density at radius 2 is 1.77 bits per heavy atom. The summed E-state index contributed by atoms with van der Waals surface area (Å²) in [7, 11) is 0. The molecule has 5 N–H and O–H groups in total. The molecule has 2 rings (SSSR count). The fraction of sp³-hybridized carbons (Fsp3) is 0.609. The van der Waals surface area contributed by atoms with Crippen molar-refractivity contribution in [2.75, 3.05) is 19.6 Å². The molecule has 0 bridgehead atoms. The SMILES string of the molecule is CCNC(=NCc1ccc(C(=O)NCC(N)=O)cc1)NCC1(CC(C)C)CCCC1. The molecule has 0 aromatic heterocycles. The molecule has 7 heteroatoms. The third kappa shape index (κ3) is 7.69. The summed E-state index contributed by atoms with van der Waals surface area (Å²) in [5.74, 6) is 0.648. The van der Waals surface area contributed by atoms with Gasteiger partial charge in [-0.3, -0.25) is 9.59 Å². The van der Waals surface area contributed by atoms with E-state index >= 15 is 0 Å². The Morgan fingerprint density at radius 3 is 2.33 bits per heavy atom. The molecule has 1 aromatic rings. The van der Waals surface area contributed by atoms with Crippen molar-refractivity contribution in [3.05, 3.63) is 35.4 Å². The highest BCUT2D eigenvalue weighted by molar-refractivity contribution is 5.96. The van der Waals surface area contributed by atoms with E-state index < -0.39 is 5.91 Å². The van der Waals surface area contributed by atoms with Crippen molar-refractivity contribution in [3.8, 4) is 0 Å². The van der Waals surface area contributed by atoms with Gasteiger partial charge in [0.2, 0.25) is 5.91 Å². The van der Waals surface area contributed by atoms with Crippen molar-refractivity contribution in [1.82, 2.24) is 16.0 Å². The molecule has 0 spiro atoms. The second-order valence-corrected chi connectivity index (χ2v) is 8.70. The third-order valence-electron chi connectivity index (χ3n) is 5.54. The summed E-state index contributed by atoms with van der Waals surface area (Å²) in [5.41, 5.74) is 6.93. The lowest BCUT2D eigenvalue weighted by Crippen LogP contribution is -2.43. The van der Waals surface area contributed by atoms with E-state index in [1.165, 1.54) is 32.1 Å². The van der Waals surface area contributed by atoms with Gasteiger partial charge in [-0.1, -0.05) is 38.8 Å². The Bertz CT molecular complexity index is 722. The summed E-state index contributed by atoms with van der Waals surface area (Å²) in [5, 5.41) is 9.39. The minimum absolute atomic E-state index is 0.166. The largest absolute Gasteiger partial charge is 0.368 e. The van der Waals surface area contributed by atoms with Crippen LogP contribution in [-0.4, -0.2) is 37.4 Å². The molecule has 1 aromatic carbocycles. The number of benzene rings is 1. The van der Waals surface area contributed by atoms with Gasteiger partial charge in [0, 0.05) is 18.7 Å². The van der Waals surface area contributed by atoms with Crippen LogP contribution in [0.15, 0.2) is 29.3 Å². The standard InChI is InChI=1S/C23H37N5O2/c1-4-25-22(28-16-23(13-17(2)3)11-5-6-12-23)27-14-18-7-9-19(10-8-18)21(30)26-15-20(24)29/h7-10,17H,4-6,11-16H2,1-3H3,(H2,24,29)(H,26,30)(H2,25,27,28). The van der Waals surface area contributed by atoms with Crippen molar-refractivity contribution in [3.63, 3.8) is 0 Å². The number of primary amides is 1. The summed E-state index contributed by atoms with van der Waals surface area (Å²) < 4.78 is 0. The second-order valence-electron chi connectivity index (χ2n) is 8.70. The Balaban J connectivity index is 1.95. The molecular formula is C23H37N5O2. The van der Waals surface area contributed by atoms with Crippen molar-refractivity contribution < 1.29 is 9.59 Å². The van der Waals surface area contributed by atoms with Crippen molar-refractivity contribution in [2.45, 2.75) is 59.4 Å². The van der Waals surface area contributed by atoms with Gasteiger partial charge >= 0.3 is 0 Å².